The molecule has 0 saturated carbocycles. The molecular weight excluding hydrogens is 402 g/mol. The van der Waals surface area contributed by atoms with Crippen LogP contribution in [0.3, 0.4) is 0 Å². The van der Waals surface area contributed by atoms with E-state index in [1.807, 2.05) is 43.3 Å². The summed E-state index contributed by atoms with van der Waals surface area (Å²) in [5.74, 6) is 3.26. The van der Waals surface area contributed by atoms with Crippen molar-refractivity contribution >= 4 is 17.7 Å². The van der Waals surface area contributed by atoms with E-state index in [0.29, 0.717) is 29.6 Å². The van der Waals surface area contributed by atoms with Gasteiger partial charge in [0, 0.05) is 30.5 Å². The number of aromatic nitrogens is 4. The van der Waals surface area contributed by atoms with Gasteiger partial charge in [-0.2, -0.15) is 16.9 Å². The van der Waals surface area contributed by atoms with E-state index in [9.17, 15) is 4.79 Å². The van der Waals surface area contributed by atoms with Gasteiger partial charge in [-0.1, -0.05) is 6.07 Å². The van der Waals surface area contributed by atoms with Crippen LogP contribution in [0.4, 0.5) is 0 Å². The lowest BCUT2D eigenvalue weighted by Gasteiger charge is -2.08. The Labute approximate surface area is 177 Å². The number of aryl methyl sites for hydroxylation is 2. The molecule has 8 nitrogen and oxygen atoms in total. The Morgan fingerprint density at radius 3 is 2.83 bits per heavy atom. The summed E-state index contributed by atoms with van der Waals surface area (Å²) in [5.41, 5.74) is 2.85. The van der Waals surface area contributed by atoms with Gasteiger partial charge in [0.25, 0.3) is 11.8 Å². The van der Waals surface area contributed by atoms with Crippen LogP contribution in [0.5, 0.6) is 0 Å². The average molecular weight is 423 g/mol. The molecule has 0 unspecified atom stereocenters. The van der Waals surface area contributed by atoms with Crippen LogP contribution in [0.2, 0.25) is 0 Å². The van der Waals surface area contributed by atoms with E-state index in [-0.39, 0.29) is 5.91 Å². The van der Waals surface area contributed by atoms with Crippen molar-refractivity contribution in [3.8, 4) is 17.3 Å². The van der Waals surface area contributed by atoms with Gasteiger partial charge in [-0.25, -0.2) is 4.68 Å². The molecule has 0 fully saturated rings. The van der Waals surface area contributed by atoms with Gasteiger partial charge >= 0.3 is 0 Å². The lowest BCUT2D eigenvalue weighted by Crippen LogP contribution is -2.25. The van der Waals surface area contributed by atoms with Gasteiger partial charge in [0.2, 0.25) is 5.89 Å². The summed E-state index contributed by atoms with van der Waals surface area (Å²) in [7, 11) is 0. The molecular formula is C21H21N5O3S. The molecule has 1 N–H and O–H groups in total. The van der Waals surface area contributed by atoms with Crippen LogP contribution in [0.15, 0.2) is 57.6 Å². The molecule has 0 saturated heterocycles. The van der Waals surface area contributed by atoms with E-state index in [0.717, 1.165) is 28.6 Å². The fourth-order valence-electron chi connectivity index (χ4n) is 2.93. The summed E-state index contributed by atoms with van der Waals surface area (Å²) in [6.07, 6.45) is 1.66. The van der Waals surface area contributed by atoms with Crippen LogP contribution < -0.4 is 5.32 Å². The molecule has 4 rings (SSSR count). The van der Waals surface area contributed by atoms with Gasteiger partial charge in [0.15, 0.2) is 0 Å². The van der Waals surface area contributed by atoms with E-state index >= 15 is 0 Å². The molecule has 0 radical (unpaired) electrons. The minimum atomic E-state index is -0.118. The fourth-order valence-corrected chi connectivity index (χ4v) is 3.68. The fraction of sp³-hybridized carbons (Fsp3) is 0.238. The van der Waals surface area contributed by atoms with Crippen molar-refractivity contribution in [2.75, 3.05) is 12.3 Å². The van der Waals surface area contributed by atoms with E-state index < -0.39 is 0 Å². The number of hydrogen-bond donors (Lipinski definition) is 1. The third-order valence-electron chi connectivity index (χ3n) is 4.34. The first-order valence-electron chi connectivity index (χ1n) is 9.46. The zero-order chi connectivity index (χ0) is 20.9. The molecule has 0 bridgehead atoms. The second-order valence-corrected chi connectivity index (χ2v) is 7.75. The molecule has 3 aromatic heterocycles. The first kappa shape index (κ1) is 20.0. The number of amides is 1. The van der Waals surface area contributed by atoms with Gasteiger partial charge in [-0.05, 0) is 43.3 Å². The van der Waals surface area contributed by atoms with Gasteiger partial charge in [-0.15, -0.1) is 10.2 Å². The van der Waals surface area contributed by atoms with Crippen molar-refractivity contribution in [1.29, 1.82) is 0 Å². The second kappa shape index (κ2) is 9.00. The highest BCUT2D eigenvalue weighted by atomic mass is 32.2. The summed E-state index contributed by atoms with van der Waals surface area (Å²) >= 11 is 1.71. The van der Waals surface area contributed by atoms with Crippen molar-refractivity contribution < 1.29 is 13.6 Å². The highest BCUT2D eigenvalue weighted by Gasteiger charge is 2.14. The Morgan fingerprint density at radius 2 is 2.07 bits per heavy atom. The van der Waals surface area contributed by atoms with E-state index in [2.05, 4.69) is 20.6 Å². The number of rotatable bonds is 8. The molecule has 1 aromatic carbocycles. The number of furan rings is 1. The summed E-state index contributed by atoms with van der Waals surface area (Å²) < 4.78 is 12.5. The van der Waals surface area contributed by atoms with Crippen molar-refractivity contribution in [3.05, 3.63) is 71.6 Å². The van der Waals surface area contributed by atoms with Crippen LogP contribution in [0.1, 0.15) is 27.7 Å². The molecule has 0 aliphatic rings. The number of carbonyl (C=O) groups is 1. The molecule has 3 heterocycles. The van der Waals surface area contributed by atoms with E-state index in [1.165, 1.54) is 0 Å². The Kier molecular flexibility index (Phi) is 5.99. The molecule has 154 valence electrons. The summed E-state index contributed by atoms with van der Waals surface area (Å²) in [6, 6.07) is 13.0. The zero-order valence-corrected chi connectivity index (χ0v) is 17.5. The van der Waals surface area contributed by atoms with Crippen molar-refractivity contribution in [2.45, 2.75) is 19.6 Å². The third kappa shape index (κ3) is 4.62. The molecule has 9 heteroatoms. The minimum absolute atomic E-state index is 0.118. The molecule has 0 atom stereocenters. The molecule has 4 aromatic rings. The maximum absolute atomic E-state index is 12.5. The number of nitrogens with zero attached hydrogens (tertiary/aromatic N) is 4. The summed E-state index contributed by atoms with van der Waals surface area (Å²) in [4.78, 5) is 12.5. The van der Waals surface area contributed by atoms with Crippen LogP contribution in [0, 0.1) is 13.8 Å². The monoisotopic (exact) mass is 423 g/mol. The zero-order valence-electron chi connectivity index (χ0n) is 16.7. The number of carbonyl (C=O) groups excluding carboxylic acids is 1. The lowest BCUT2D eigenvalue weighted by molar-refractivity contribution is 0.0956. The maximum Gasteiger partial charge on any atom is 0.268 e. The Morgan fingerprint density at radius 1 is 1.17 bits per heavy atom. The Bertz CT molecular complexity index is 1130. The lowest BCUT2D eigenvalue weighted by atomic mass is 10.2. The first-order chi connectivity index (χ1) is 14.6. The topological polar surface area (TPSA) is 99.0 Å². The standard InChI is InChI=1S/C21H21N5O3S/c1-14-11-19(21-24-23-15(2)29-21)25-26(14)17-6-3-5-16(12-17)20(27)22-8-10-30-13-18-7-4-9-28-18/h3-7,9,11-12H,8,10,13H2,1-2H3,(H,22,27). The van der Waals surface area contributed by atoms with Crippen molar-refractivity contribution in [1.82, 2.24) is 25.3 Å². The van der Waals surface area contributed by atoms with Gasteiger partial charge in [0.1, 0.15) is 11.5 Å². The smallest absolute Gasteiger partial charge is 0.268 e. The van der Waals surface area contributed by atoms with Crippen LogP contribution in [-0.4, -0.2) is 38.2 Å². The highest BCUT2D eigenvalue weighted by Crippen LogP contribution is 2.21. The SMILES string of the molecule is Cc1nnc(-c2cc(C)n(-c3cccc(C(=O)NCCSCc4ccco4)c3)n2)o1. The number of nitrogens with one attached hydrogen (secondary N) is 1. The largest absolute Gasteiger partial charge is 0.468 e. The van der Waals surface area contributed by atoms with Gasteiger partial charge in [-0.3, -0.25) is 4.79 Å². The van der Waals surface area contributed by atoms with Gasteiger partial charge in [0.05, 0.1) is 17.7 Å². The quantitative estimate of drug-likeness (QED) is 0.430. The molecule has 30 heavy (non-hydrogen) atoms. The molecule has 0 aliphatic heterocycles. The second-order valence-electron chi connectivity index (χ2n) is 6.65. The maximum atomic E-state index is 12.5. The van der Waals surface area contributed by atoms with Crippen molar-refractivity contribution in [3.63, 3.8) is 0 Å². The predicted octanol–water partition coefficient (Wildman–Crippen LogP) is 3.80. The van der Waals surface area contributed by atoms with Crippen LogP contribution in [-0.2, 0) is 5.75 Å². The van der Waals surface area contributed by atoms with Crippen LogP contribution in [0.25, 0.3) is 17.3 Å². The number of thioether (sulfide) groups is 1. The number of benzene rings is 1. The molecule has 0 aliphatic carbocycles. The molecule has 0 spiro atoms. The number of hydrogen-bond acceptors (Lipinski definition) is 7. The molecule has 1 amide bonds. The summed E-state index contributed by atoms with van der Waals surface area (Å²) in [6.45, 7) is 4.25. The Balaban J connectivity index is 1.38. The van der Waals surface area contributed by atoms with Crippen LogP contribution >= 0.6 is 11.8 Å². The van der Waals surface area contributed by atoms with Crippen molar-refractivity contribution in [2.24, 2.45) is 0 Å². The first-order valence-corrected chi connectivity index (χ1v) is 10.6. The minimum Gasteiger partial charge on any atom is -0.468 e. The highest BCUT2D eigenvalue weighted by molar-refractivity contribution is 7.98. The predicted molar refractivity (Wildman–Crippen MR) is 114 cm³/mol. The van der Waals surface area contributed by atoms with Gasteiger partial charge < -0.3 is 14.2 Å². The van der Waals surface area contributed by atoms with E-state index in [1.54, 1.807) is 35.7 Å². The van der Waals surface area contributed by atoms with E-state index in [4.69, 9.17) is 8.83 Å². The Hall–Kier alpha value is -3.33. The normalized spacial score (nSPS) is 11.0. The third-order valence-corrected chi connectivity index (χ3v) is 5.32. The summed E-state index contributed by atoms with van der Waals surface area (Å²) in [5, 5.41) is 15.4. The average Bonchev–Trinajstić information content (AvgIpc) is 3.49.